The monoisotopic (exact) mass is 355 g/mol. The van der Waals surface area contributed by atoms with Crippen molar-refractivity contribution >= 4 is 34.4 Å². The molecule has 1 aromatic heterocycles. The van der Waals surface area contributed by atoms with Gasteiger partial charge in [0.15, 0.2) is 0 Å². The second-order valence-corrected chi connectivity index (χ2v) is 7.73. The molecule has 3 aromatic rings. The third-order valence-electron chi connectivity index (χ3n) is 4.01. The Labute approximate surface area is 150 Å². The van der Waals surface area contributed by atoms with Gasteiger partial charge in [-0.2, -0.15) is 0 Å². The molecule has 3 N–H and O–H groups in total. The van der Waals surface area contributed by atoms with Crippen LogP contribution in [0.5, 0.6) is 0 Å². The Bertz CT molecular complexity index is 941. The molecule has 25 heavy (non-hydrogen) atoms. The van der Waals surface area contributed by atoms with E-state index >= 15 is 0 Å². The third kappa shape index (κ3) is 4.14. The first-order valence-corrected chi connectivity index (χ1v) is 9.10. The number of hydrogen-bond acceptors (Lipinski definition) is 3. The second-order valence-electron chi connectivity index (χ2n) is 6.31. The molecular formula is C19H21N3O2S. The molecule has 6 heteroatoms. The predicted octanol–water partition coefficient (Wildman–Crippen LogP) is 4.10. The number of aromatic nitrogens is 2. The number of thioether (sulfide) groups is 1. The van der Waals surface area contributed by atoms with Crippen molar-refractivity contribution in [2.45, 2.75) is 36.8 Å². The topological polar surface area (TPSA) is 77.8 Å². The van der Waals surface area contributed by atoms with E-state index in [0.717, 1.165) is 10.4 Å². The van der Waals surface area contributed by atoms with Crippen molar-refractivity contribution in [2.24, 2.45) is 0 Å². The lowest BCUT2D eigenvalue weighted by molar-refractivity contribution is -0.115. The number of imidazole rings is 1. The maximum absolute atomic E-state index is 12.4. The number of carbonyl (C=O) groups excluding carboxylic acids is 1. The van der Waals surface area contributed by atoms with Crippen LogP contribution in [0.25, 0.3) is 11.0 Å². The molecule has 130 valence electrons. The molecule has 5 nitrogen and oxygen atoms in total. The molecule has 0 saturated carbocycles. The number of benzene rings is 2. The van der Waals surface area contributed by atoms with E-state index in [0.29, 0.717) is 17.1 Å². The van der Waals surface area contributed by atoms with Crippen molar-refractivity contribution < 1.29 is 4.79 Å². The largest absolute Gasteiger partial charge is 0.325 e. The van der Waals surface area contributed by atoms with Gasteiger partial charge in [-0.1, -0.05) is 26.0 Å². The Kier molecular flexibility index (Phi) is 4.99. The summed E-state index contributed by atoms with van der Waals surface area (Å²) in [6, 6.07) is 13.6. The van der Waals surface area contributed by atoms with Crippen molar-refractivity contribution in [3.05, 3.63) is 58.5 Å². The lowest BCUT2D eigenvalue weighted by Crippen LogP contribution is -2.22. The number of H-pyrrole nitrogens is 2. The van der Waals surface area contributed by atoms with Gasteiger partial charge in [0.25, 0.3) is 0 Å². The van der Waals surface area contributed by atoms with Gasteiger partial charge < -0.3 is 15.3 Å². The Morgan fingerprint density at radius 2 is 1.68 bits per heavy atom. The minimum absolute atomic E-state index is 0.0739. The third-order valence-corrected chi connectivity index (χ3v) is 5.12. The molecule has 0 radical (unpaired) electrons. The standard InChI is InChI=1S/C19H21N3O2S/c1-11(2)13-4-7-15(8-5-13)25-12(3)18(23)20-14-6-9-16-17(10-14)22-19(24)21-16/h4-12H,1-3H3,(H,20,23)(H2,21,22,24). The lowest BCUT2D eigenvalue weighted by Gasteiger charge is -2.13. The number of hydrogen-bond donors (Lipinski definition) is 3. The van der Waals surface area contributed by atoms with E-state index in [9.17, 15) is 9.59 Å². The second kappa shape index (κ2) is 7.19. The van der Waals surface area contributed by atoms with Gasteiger partial charge >= 0.3 is 5.69 Å². The molecule has 1 heterocycles. The zero-order chi connectivity index (χ0) is 18.0. The van der Waals surface area contributed by atoms with Crippen molar-refractivity contribution in [3.63, 3.8) is 0 Å². The van der Waals surface area contributed by atoms with Crippen molar-refractivity contribution in [3.8, 4) is 0 Å². The normalized spacial score (nSPS) is 12.5. The molecule has 0 fully saturated rings. The van der Waals surface area contributed by atoms with Gasteiger partial charge in [-0.05, 0) is 48.7 Å². The van der Waals surface area contributed by atoms with E-state index in [1.165, 1.54) is 17.3 Å². The fraction of sp³-hybridized carbons (Fsp3) is 0.263. The van der Waals surface area contributed by atoms with Crippen LogP contribution in [0.15, 0.2) is 52.2 Å². The van der Waals surface area contributed by atoms with Crippen LogP contribution in [0.3, 0.4) is 0 Å². The van der Waals surface area contributed by atoms with Crippen LogP contribution in [-0.4, -0.2) is 21.1 Å². The average molecular weight is 355 g/mol. The molecule has 0 aliphatic rings. The Hall–Kier alpha value is -2.47. The van der Waals surface area contributed by atoms with Crippen LogP contribution in [-0.2, 0) is 4.79 Å². The minimum Gasteiger partial charge on any atom is -0.325 e. The van der Waals surface area contributed by atoms with Gasteiger partial charge in [0.1, 0.15) is 0 Å². The molecular weight excluding hydrogens is 334 g/mol. The van der Waals surface area contributed by atoms with E-state index in [4.69, 9.17) is 0 Å². The maximum atomic E-state index is 12.4. The highest BCUT2D eigenvalue weighted by Crippen LogP contribution is 2.26. The molecule has 2 aromatic carbocycles. The zero-order valence-corrected chi connectivity index (χ0v) is 15.2. The van der Waals surface area contributed by atoms with E-state index in [-0.39, 0.29) is 16.8 Å². The highest BCUT2D eigenvalue weighted by atomic mass is 32.2. The first-order valence-electron chi connectivity index (χ1n) is 8.22. The number of anilines is 1. The van der Waals surface area contributed by atoms with Gasteiger partial charge in [0, 0.05) is 10.6 Å². The first-order chi connectivity index (χ1) is 11.9. The summed E-state index contributed by atoms with van der Waals surface area (Å²) in [6.07, 6.45) is 0. The van der Waals surface area contributed by atoms with Gasteiger partial charge in [-0.15, -0.1) is 11.8 Å². The summed E-state index contributed by atoms with van der Waals surface area (Å²) in [5.41, 5.74) is 3.08. The summed E-state index contributed by atoms with van der Waals surface area (Å²) < 4.78 is 0. The van der Waals surface area contributed by atoms with Crippen LogP contribution < -0.4 is 11.0 Å². The summed E-state index contributed by atoms with van der Waals surface area (Å²) in [6.45, 7) is 6.20. The van der Waals surface area contributed by atoms with Gasteiger partial charge in [-0.3, -0.25) is 4.79 Å². The van der Waals surface area contributed by atoms with Crippen LogP contribution in [0.4, 0.5) is 5.69 Å². The van der Waals surface area contributed by atoms with Gasteiger partial charge in [-0.25, -0.2) is 4.79 Å². The van der Waals surface area contributed by atoms with Crippen LogP contribution in [0, 0.1) is 0 Å². The summed E-state index contributed by atoms with van der Waals surface area (Å²) in [7, 11) is 0. The van der Waals surface area contributed by atoms with E-state index in [1.54, 1.807) is 18.2 Å². The van der Waals surface area contributed by atoms with Gasteiger partial charge in [0.05, 0.1) is 16.3 Å². The number of rotatable bonds is 5. The molecule has 0 saturated heterocycles. The fourth-order valence-corrected chi connectivity index (χ4v) is 3.41. The maximum Gasteiger partial charge on any atom is 0.323 e. The molecule has 1 atom stereocenters. The number of fused-ring (bicyclic) bond motifs is 1. The summed E-state index contributed by atoms with van der Waals surface area (Å²) >= 11 is 1.52. The van der Waals surface area contributed by atoms with Crippen molar-refractivity contribution in [1.29, 1.82) is 0 Å². The highest BCUT2D eigenvalue weighted by Gasteiger charge is 2.15. The Morgan fingerprint density at radius 3 is 2.36 bits per heavy atom. The molecule has 1 amide bonds. The number of carbonyl (C=O) groups is 1. The summed E-state index contributed by atoms with van der Waals surface area (Å²) in [4.78, 5) is 30.2. The molecule has 0 aliphatic heterocycles. The molecule has 1 unspecified atom stereocenters. The van der Waals surface area contributed by atoms with Crippen LogP contribution in [0.1, 0.15) is 32.3 Å². The summed E-state index contributed by atoms with van der Waals surface area (Å²) in [5, 5.41) is 2.67. The fourth-order valence-electron chi connectivity index (χ4n) is 2.54. The zero-order valence-electron chi connectivity index (χ0n) is 14.4. The SMILES string of the molecule is CC(Sc1ccc(C(C)C)cc1)C(=O)Nc1ccc2[nH]c(=O)[nH]c2c1. The molecule has 3 rings (SSSR count). The van der Waals surface area contributed by atoms with Crippen LogP contribution in [0.2, 0.25) is 0 Å². The van der Waals surface area contributed by atoms with E-state index in [2.05, 4.69) is 53.4 Å². The number of aromatic amines is 2. The summed E-state index contributed by atoms with van der Waals surface area (Å²) in [5.74, 6) is 0.421. The van der Waals surface area contributed by atoms with Gasteiger partial charge in [0.2, 0.25) is 5.91 Å². The Morgan fingerprint density at radius 1 is 1.00 bits per heavy atom. The quantitative estimate of drug-likeness (QED) is 0.603. The Balaban J connectivity index is 1.65. The van der Waals surface area contributed by atoms with Crippen LogP contribution >= 0.6 is 11.8 Å². The van der Waals surface area contributed by atoms with Crippen molar-refractivity contribution in [1.82, 2.24) is 9.97 Å². The first kappa shape index (κ1) is 17.4. The number of amides is 1. The lowest BCUT2D eigenvalue weighted by atomic mass is 10.0. The molecule has 0 spiro atoms. The molecule has 0 bridgehead atoms. The average Bonchev–Trinajstić information content (AvgIpc) is 2.94. The molecule has 0 aliphatic carbocycles. The predicted molar refractivity (Wildman–Crippen MR) is 103 cm³/mol. The van der Waals surface area contributed by atoms with E-state index < -0.39 is 0 Å². The minimum atomic E-state index is -0.257. The smallest absolute Gasteiger partial charge is 0.323 e. The van der Waals surface area contributed by atoms with E-state index in [1.807, 2.05) is 6.92 Å². The number of nitrogens with one attached hydrogen (secondary N) is 3. The highest BCUT2D eigenvalue weighted by molar-refractivity contribution is 8.00. The van der Waals surface area contributed by atoms with Crippen molar-refractivity contribution in [2.75, 3.05) is 5.32 Å².